The van der Waals surface area contributed by atoms with Gasteiger partial charge in [0.2, 0.25) is 0 Å². The summed E-state index contributed by atoms with van der Waals surface area (Å²) in [5, 5.41) is 9.20. The molecule has 1 atom stereocenters. The van der Waals surface area contributed by atoms with Crippen LogP contribution < -0.4 is 5.32 Å². The largest absolute Gasteiger partial charge is 0.305 e. The molecule has 0 aliphatic carbocycles. The second-order valence-corrected chi connectivity index (χ2v) is 5.73. The van der Waals surface area contributed by atoms with E-state index in [1.54, 1.807) is 6.20 Å². The van der Waals surface area contributed by atoms with Gasteiger partial charge in [-0.3, -0.25) is 4.68 Å². The molecule has 0 bridgehead atoms. The molecule has 1 aromatic carbocycles. The van der Waals surface area contributed by atoms with Gasteiger partial charge in [-0.2, -0.15) is 5.10 Å². The summed E-state index contributed by atoms with van der Waals surface area (Å²) in [6.45, 7) is 5.12. The van der Waals surface area contributed by atoms with Crippen LogP contribution >= 0.6 is 23.2 Å². The Morgan fingerprint density at radius 2 is 2.10 bits per heavy atom. The van der Waals surface area contributed by atoms with E-state index in [2.05, 4.69) is 24.3 Å². The lowest BCUT2D eigenvalue weighted by Crippen LogP contribution is -2.26. The summed E-state index contributed by atoms with van der Waals surface area (Å²) in [6.07, 6.45) is 2.74. The molecular weight excluding hydrogens is 293 g/mol. The fraction of sp³-hybridized carbons (Fsp3) is 0.400. The van der Waals surface area contributed by atoms with E-state index in [9.17, 15) is 0 Å². The van der Waals surface area contributed by atoms with Crippen molar-refractivity contribution in [2.75, 3.05) is 6.54 Å². The third-order valence-electron chi connectivity index (χ3n) is 3.35. The number of aromatic nitrogens is 2. The summed E-state index contributed by atoms with van der Waals surface area (Å²) in [5.41, 5.74) is 3.29. The lowest BCUT2D eigenvalue weighted by atomic mass is 9.98. The van der Waals surface area contributed by atoms with E-state index >= 15 is 0 Å². The number of nitrogens with one attached hydrogen (secondary N) is 1. The first kappa shape index (κ1) is 15.4. The molecule has 1 unspecified atom stereocenters. The highest BCUT2D eigenvalue weighted by atomic mass is 35.5. The van der Waals surface area contributed by atoms with Crippen LogP contribution in [0.15, 0.2) is 24.4 Å². The maximum atomic E-state index is 6.30. The molecule has 20 heavy (non-hydrogen) atoms. The normalized spacial score (nSPS) is 12.7. The Bertz CT molecular complexity index is 573. The van der Waals surface area contributed by atoms with E-state index in [-0.39, 0.29) is 6.04 Å². The minimum Gasteiger partial charge on any atom is -0.305 e. The molecule has 1 heterocycles. The van der Waals surface area contributed by atoms with Crippen LogP contribution in [0.4, 0.5) is 0 Å². The van der Waals surface area contributed by atoms with Crippen LogP contribution in [0.2, 0.25) is 10.0 Å². The molecule has 2 rings (SSSR count). The van der Waals surface area contributed by atoms with E-state index in [0.717, 1.165) is 29.2 Å². The van der Waals surface area contributed by atoms with E-state index in [1.165, 1.54) is 5.56 Å². The van der Waals surface area contributed by atoms with Crippen molar-refractivity contribution in [3.05, 3.63) is 51.3 Å². The molecule has 0 amide bonds. The zero-order valence-corrected chi connectivity index (χ0v) is 13.5. The van der Waals surface area contributed by atoms with Gasteiger partial charge in [0.25, 0.3) is 0 Å². The molecule has 0 radical (unpaired) electrons. The quantitative estimate of drug-likeness (QED) is 0.900. The highest BCUT2D eigenvalue weighted by Crippen LogP contribution is 2.30. The predicted molar refractivity (Wildman–Crippen MR) is 84.5 cm³/mol. The number of hydrogen-bond acceptors (Lipinski definition) is 2. The van der Waals surface area contributed by atoms with E-state index < -0.39 is 0 Å². The van der Waals surface area contributed by atoms with E-state index in [1.807, 2.05) is 29.9 Å². The van der Waals surface area contributed by atoms with Gasteiger partial charge in [0.1, 0.15) is 0 Å². The van der Waals surface area contributed by atoms with Crippen molar-refractivity contribution in [3.8, 4) is 0 Å². The zero-order valence-electron chi connectivity index (χ0n) is 12.0. The lowest BCUT2D eigenvalue weighted by Gasteiger charge is -2.22. The summed E-state index contributed by atoms with van der Waals surface area (Å²) < 4.78 is 1.82. The van der Waals surface area contributed by atoms with Gasteiger partial charge in [0.15, 0.2) is 0 Å². The van der Waals surface area contributed by atoms with Crippen molar-refractivity contribution in [1.82, 2.24) is 15.1 Å². The fourth-order valence-electron chi connectivity index (χ4n) is 2.35. The maximum absolute atomic E-state index is 6.30. The predicted octanol–water partition coefficient (Wildman–Crippen LogP) is 4.12. The SMILES string of the molecule is CCCNC(c1ccc(Cl)cc1C)c1c(Cl)cnn1C. The Labute approximate surface area is 129 Å². The summed E-state index contributed by atoms with van der Waals surface area (Å²) >= 11 is 12.4. The minimum atomic E-state index is 0.0206. The Morgan fingerprint density at radius 1 is 1.35 bits per heavy atom. The highest BCUT2D eigenvalue weighted by Gasteiger charge is 2.21. The van der Waals surface area contributed by atoms with Gasteiger partial charge in [0, 0.05) is 12.1 Å². The average Bonchev–Trinajstić information content (AvgIpc) is 2.72. The number of halogens is 2. The number of hydrogen-bond donors (Lipinski definition) is 1. The first-order valence-corrected chi connectivity index (χ1v) is 7.47. The highest BCUT2D eigenvalue weighted by molar-refractivity contribution is 6.31. The van der Waals surface area contributed by atoms with Crippen LogP contribution in [0, 0.1) is 6.92 Å². The Kier molecular flexibility index (Phi) is 5.08. The van der Waals surface area contributed by atoms with Gasteiger partial charge in [-0.05, 0) is 43.1 Å². The maximum Gasteiger partial charge on any atom is 0.0837 e. The molecular formula is C15H19Cl2N3. The number of rotatable bonds is 5. The Hall–Kier alpha value is -1.03. The fourth-order valence-corrected chi connectivity index (χ4v) is 2.85. The third-order valence-corrected chi connectivity index (χ3v) is 3.88. The summed E-state index contributed by atoms with van der Waals surface area (Å²) in [6, 6.07) is 5.96. The molecule has 1 aromatic heterocycles. The van der Waals surface area contributed by atoms with E-state index in [4.69, 9.17) is 23.2 Å². The second kappa shape index (κ2) is 6.61. The molecule has 0 aliphatic heterocycles. The standard InChI is InChI=1S/C15H19Cl2N3/c1-4-7-18-14(15-13(17)9-19-20(15)3)12-6-5-11(16)8-10(12)2/h5-6,8-9,14,18H,4,7H2,1-3H3. The molecule has 2 aromatic rings. The van der Waals surface area contributed by atoms with Crippen LogP contribution in [0.1, 0.15) is 36.2 Å². The van der Waals surface area contributed by atoms with E-state index in [0.29, 0.717) is 5.02 Å². The van der Waals surface area contributed by atoms with Crippen molar-refractivity contribution in [3.63, 3.8) is 0 Å². The summed E-state index contributed by atoms with van der Waals surface area (Å²) in [4.78, 5) is 0. The summed E-state index contributed by atoms with van der Waals surface area (Å²) in [5.74, 6) is 0. The van der Waals surface area contributed by atoms with Crippen LogP contribution in [-0.2, 0) is 7.05 Å². The lowest BCUT2D eigenvalue weighted by molar-refractivity contribution is 0.552. The molecule has 1 N–H and O–H groups in total. The zero-order chi connectivity index (χ0) is 14.7. The van der Waals surface area contributed by atoms with Gasteiger partial charge in [-0.25, -0.2) is 0 Å². The van der Waals surface area contributed by atoms with Crippen molar-refractivity contribution in [1.29, 1.82) is 0 Å². The monoisotopic (exact) mass is 311 g/mol. The number of aryl methyl sites for hydroxylation is 2. The van der Waals surface area contributed by atoms with Crippen LogP contribution in [0.25, 0.3) is 0 Å². The van der Waals surface area contributed by atoms with Crippen LogP contribution in [0.5, 0.6) is 0 Å². The minimum absolute atomic E-state index is 0.0206. The topological polar surface area (TPSA) is 29.9 Å². The second-order valence-electron chi connectivity index (χ2n) is 4.89. The molecule has 3 nitrogen and oxygen atoms in total. The third kappa shape index (κ3) is 3.17. The molecule has 0 saturated carbocycles. The van der Waals surface area contributed by atoms with Gasteiger partial charge in [0.05, 0.1) is 23.0 Å². The van der Waals surface area contributed by atoms with Crippen molar-refractivity contribution < 1.29 is 0 Å². The van der Waals surface area contributed by atoms with Gasteiger partial charge < -0.3 is 5.32 Å². The molecule has 0 saturated heterocycles. The smallest absolute Gasteiger partial charge is 0.0837 e. The molecule has 0 aliphatic rings. The van der Waals surface area contributed by atoms with Crippen molar-refractivity contribution in [2.24, 2.45) is 7.05 Å². The molecule has 5 heteroatoms. The van der Waals surface area contributed by atoms with Crippen molar-refractivity contribution in [2.45, 2.75) is 26.3 Å². The van der Waals surface area contributed by atoms with Crippen LogP contribution in [-0.4, -0.2) is 16.3 Å². The molecule has 0 spiro atoms. The van der Waals surface area contributed by atoms with Crippen LogP contribution in [0.3, 0.4) is 0 Å². The molecule has 0 fully saturated rings. The Morgan fingerprint density at radius 3 is 2.65 bits per heavy atom. The van der Waals surface area contributed by atoms with Gasteiger partial charge in [-0.1, -0.05) is 36.2 Å². The Balaban J connectivity index is 2.47. The average molecular weight is 312 g/mol. The molecule has 108 valence electrons. The van der Waals surface area contributed by atoms with Gasteiger partial charge >= 0.3 is 0 Å². The number of benzene rings is 1. The number of nitrogens with zero attached hydrogens (tertiary/aromatic N) is 2. The first-order chi connectivity index (χ1) is 9.54. The first-order valence-electron chi connectivity index (χ1n) is 6.71. The van der Waals surface area contributed by atoms with Crippen molar-refractivity contribution >= 4 is 23.2 Å². The van der Waals surface area contributed by atoms with Gasteiger partial charge in [-0.15, -0.1) is 0 Å². The summed E-state index contributed by atoms with van der Waals surface area (Å²) in [7, 11) is 1.91.